The summed E-state index contributed by atoms with van der Waals surface area (Å²) in [5, 5.41) is 0. The number of anilines is 1. The predicted molar refractivity (Wildman–Crippen MR) is 53.3 cm³/mol. The number of fused-ring (bicyclic) bond motifs is 1. The predicted octanol–water partition coefficient (Wildman–Crippen LogP) is 1.34. The Labute approximate surface area is 82.3 Å². The smallest absolute Gasteiger partial charge is 0.241 e. The van der Waals surface area contributed by atoms with E-state index >= 15 is 0 Å². The number of hydrogen-bond acceptors (Lipinski definition) is 2. The second-order valence-corrected chi connectivity index (χ2v) is 3.50. The minimum absolute atomic E-state index is 0.0909. The molecule has 0 bridgehead atoms. The Balaban J connectivity index is 2.59. The van der Waals surface area contributed by atoms with Crippen molar-refractivity contribution in [2.24, 2.45) is 0 Å². The van der Waals surface area contributed by atoms with E-state index in [1.165, 1.54) is 6.92 Å². The van der Waals surface area contributed by atoms with E-state index in [4.69, 9.17) is 0 Å². The van der Waals surface area contributed by atoms with Crippen molar-refractivity contribution in [3.8, 4) is 0 Å². The maximum Gasteiger partial charge on any atom is 0.241 e. The van der Waals surface area contributed by atoms with Gasteiger partial charge in [-0.25, -0.2) is 0 Å². The summed E-state index contributed by atoms with van der Waals surface area (Å²) >= 11 is 0. The van der Waals surface area contributed by atoms with Crippen molar-refractivity contribution < 1.29 is 9.59 Å². The van der Waals surface area contributed by atoms with Crippen LogP contribution in [0.15, 0.2) is 24.3 Å². The highest BCUT2D eigenvalue weighted by atomic mass is 16.2. The Hall–Kier alpha value is -1.64. The Kier molecular flexibility index (Phi) is 1.88. The Morgan fingerprint density at radius 2 is 2.00 bits per heavy atom. The molecule has 0 radical (unpaired) electrons. The van der Waals surface area contributed by atoms with Crippen LogP contribution >= 0.6 is 0 Å². The molecule has 0 fully saturated rings. The highest BCUT2D eigenvalue weighted by molar-refractivity contribution is 6.17. The molecular formula is C11H11NO2. The van der Waals surface area contributed by atoms with Crippen molar-refractivity contribution >= 4 is 17.4 Å². The summed E-state index contributed by atoms with van der Waals surface area (Å²) in [6, 6.07) is 7.41. The number of para-hydroxylation sites is 1. The Bertz CT molecular complexity index is 412. The van der Waals surface area contributed by atoms with Gasteiger partial charge in [-0.1, -0.05) is 18.2 Å². The first kappa shape index (κ1) is 8.94. The number of Topliss-reactive ketones (excluding diaryl/α,β-unsaturated/α-hetero) is 1. The van der Waals surface area contributed by atoms with Gasteiger partial charge in [0.15, 0.2) is 0 Å². The molecule has 0 spiro atoms. The summed E-state index contributed by atoms with van der Waals surface area (Å²) in [6.45, 7) is 1.46. The molecule has 1 aromatic rings. The molecular weight excluding hydrogens is 178 g/mol. The largest absolute Gasteiger partial charge is 0.314 e. The number of carbonyl (C=O) groups excluding carboxylic acids is 2. The Morgan fingerprint density at radius 3 is 2.64 bits per heavy atom. The van der Waals surface area contributed by atoms with Crippen LogP contribution in [-0.2, 0) is 9.59 Å². The molecule has 1 aliphatic heterocycles. The van der Waals surface area contributed by atoms with Gasteiger partial charge in [-0.2, -0.15) is 0 Å². The zero-order valence-corrected chi connectivity index (χ0v) is 8.15. The van der Waals surface area contributed by atoms with Gasteiger partial charge in [0.1, 0.15) is 11.7 Å². The van der Waals surface area contributed by atoms with Crippen LogP contribution in [0.1, 0.15) is 18.4 Å². The lowest BCUT2D eigenvalue weighted by Gasteiger charge is -2.09. The van der Waals surface area contributed by atoms with E-state index in [2.05, 4.69) is 0 Å². The van der Waals surface area contributed by atoms with Crippen molar-refractivity contribution in [3.05, 3.63) is 29.8 Å². The molecule has 0 saturated carbocycles. The molecule has 0 aliphatic carbocycles. The Morgan fingerprint density at radius 1 is 1.36 bits per heavy atom. The van der Waals surface area contributed by atoms with E-state index in [-0.39, 0.29) is 11.7 Å². The van der Waals surface area contributed by atoms with Gasteiger partial charge in [0.05, 0.1) is 0 Å². The molecule has 1 amide bonds. The van der Waals surface area contributed by atoms with E-state index in [0.717, 1.165) is 11.3 Å². The summed E-state index contributed by atoms with van der Waals surface area (Å²) in [6.07, 6.45) is 0. The fourth-order valence-electron chi connectivity index (χ4n) is 1.88. The van der Waals surface area contributed by atoms with Crippen LogP contribution in [0.4, 0.5) is 5.69 Å². The van der Waals surface area contributed by atoms with E-state index in [1.807, 2.05) is 24.3 Å². The summed E-state index contributed by atoms with van der Waals surface area (Å²) in [5.41, 5.74) is 1.67. The second-order valence-electron chi connectivity index (χ2n) is 3.50. The highest BCUT2D eigenvalue weighted by Gasteiger charge is 2.37. The average molecular weight is 189 g/mol. The van der Waals surface area contributed by atoms with Crippen LogP contribution in [0.2, 0.25) is 0 Å². The highest BCUT2D eigenvalue weighted by Crippen LogP contribution is 2.36. The third-order valence-corrected chi connectivity index (χ3v) is 2.59. The third-order valence-electron chi connectivity index (χ3n) is 2.59. The van der Waals surface area contributed by atoms with Gasteiger partial charge in [0, 0.05) is 12.7 Å². The number of nitrogens with zero attached hydrogens (tertiary/aromatic N) is 1. The first-order valence-corrected chi connectivity index (χ1v) is 4.50. The lowest BCUT2D eigenvalue weighted by Crippen LogP contribution is -2.26. The average Bonchev–Trinajstić information content (AvgIpc) is 2.41. The van der Waals surface area contributed by atoms with Crippen molar-refractivity contribution in [1.29, 1.82) is 0 Å². The minimum atomic E-state index is -0.587. The molecule has 0 saturated heterocycles. The third kappa shape index (κ3) is 1.05. The number of rotatable bonds is 1. The molecule has 72 valence electrons. The number of hydrogen-bond donors (Lipinski definition) is 0. The summed E-state index contributed by atoms with van der Waals surface area (Å²) in [5.74, 6) is -0.804. The van der Waals surface area contributed by atoms with Gasteiger partial charge >= 0.3 is 0 Å². The van der Waals surface area contributed by atoms with Crippen LogP contribution in [0.5, 0.6) is 0 Å². The molecule has 0 aromatic heterocycles. The molecule has 1 aliphatic rings. The quantitative estimate of drug-likeness (QED) is 0.625. The first-order valence-electron chi connectivity index (χ1n) is 4.50. The normalized spacial score (nSPS) is 19.7. The van der Waals surface area contributed by atoms with Crippen LogP contribution in [0.3, 0.4) is 0 Å². The SMILES string of the molecule is CC(=O)C1C(=O)N(C)c2ccccc21. The standard InChI is InChI=1S/C11H11NO2/c1-7(13)10-8-5-3-4-6-9(8)12(2)11(10)14/h3-6,10H,1-2H3. The lowest BCUT2D eigenvalue weighted by atomic mass is 9.97. The topological polar surface area (TPSA) is 37.4 Å². The van der Waals surface area contributed by atoms with E-state index in [0.29, 0.717) is 0 Å². The number of ketones is 1. The van der Waals surface area contributed by atoms with E-state index in [9.17, 15) is 9.59 Å². The summed E-state index contributed by atoms with van der Waals surface area (Å²) in [4.78, 5) is 24.6. The molecule has 1 atom stereocenters. The van der Waals surface area contributed by atoms with Crippen LogP contribution in [0.25, 0.3) is 0 Å². The maximum atomic E-state index is 11.7. The number of likely N-dealkylation sites (N-methyl/N-ethyl adjacent to an activating group) is 1. The van der Waals surface area contributed by atoms with Crippen molar-refractivity contribution in [3.63, 3.8) is 0 Å². The molecule has 1 unspecified atom stereocenters. The van der Waals surface area contributed by atoms with Crippen LogP contribution in [-0.4, -0.2) is 18.7 Å². The fraction of sp³-hybridized carbons (Fsp3) is 0.273. The lowest BCUT2D eigenvalue weighted by molar-refractivity contribution is -0.126. The molecule has 1 heterocycles. The fourth-order valence-corrected chi connectivity index (χ4v) is 1.88. The summed E-state index contributed by atoms with van der Waals surface area (Å²) < 4.78 is 0. The van der Waals surface area contributed by atoms with E-state index < -0.39 is 5.92 Å². The summed E-state index contributed by atoms with van der Waals surface area (Å²) in [7, 11) is 1.70. The number of benzene rings is 1. The van der Waals surface area contributed by atoms with Gasteiger partial charge in [0.2, 0.25) is 5.91 Å². The minimum Gasteiger partial charge on any atom is -0.314 e. The van der Waals surface area contributed by atoms with Crippen molar-refractivity contribution in [1.82, 2.24) is 0 Å². The van der Waals surface area contributed by atoms with Gasteiger partial charge < -0.3 is 4.90 Å². The molecule has 3 nitrogen and oxygen atoms in total. The zero-order chi connectivity index (χ0) is 10.3. The molecule has 3 heteroatoms. The van der Waals surface area contributed by atoms with Gasteiger partial charge in [-0.05, 0) is 18.6 Å². The van der Waals surface area contributed by atoms with E-state index in [1.54, 1.807) is 11.9 Å². The van der Waals surface area contributed by atoms with Crippen molar-refractivity contribution in [2.45, 2.75) is 12.8 Å². The number of amides is 1. The number of carbonyl (C=O) groups is 2. The maximum absolute atomic E-state index is 11.7. The molecule has 0 N–H and O–H groups in total. The molecule has 2 rings (SSSR count). The first-order chi connectivity index (χ1) is 6.63. The van der Waals surface area contributed by atoms with Gasteiger partial charge in [0.25, 0.3) is 0 Å². The zero-order valence-electron chi connectivity index (χ0n) is 8.15. The van der Waals surface area contributed by atoms with Crippen LogP contribution < -0.4 is 4.90 Å². The molecule has 1 aromatic carbocycles. The van der Waals surface area contributed by atoms with Crippen molar-refractivity contribution in [2.75, 3.05) is 11.9 Å². The second kappa shape index (κ2) is 2.94. The van der Waals surface area contributed by atoms with Gasteiger partial charge in [-0.15, -0.1) is 0 Å². The van der Waals surface area contributed by atoms with Gasteiger partial charge in [-0.3, -0.25) is 9.59 Å². The monoisotopic (exact) mass is 189 g/mol. The van der Waals surface area contributed by atoms with Crippen LogP contribution in [0, 0.1) is 0 Å². The molecule has 14 heavy (non-hydrogen) atoms.